The van der Waals surface area contributed by atoms with Crippen LogP contribution in [-0.4, -0.2) is 52.5 Å². The minimum absolute atomic E-state index is 0.0250. The lowest BCUT2D eigenvalue weighted by Gasteiger charge is -2.38. The van der Waals surface area contributed by atoms with Gasteiger partial charge < -0.3 is 20.9 Å². The zero-order chi connectivity index (χ0) is 23.8. The van der Waals surface area contributed by atoms with Crippen LogP contribution in [0, 0.1) is 34.0 Å². The van der Waals surface area contributed by atoms with Crippen LogP contribution in [0.25, 0.3) is 0 Å². The van der Waals surface area contributed by atoms with E-state index in [4.69, 9.17) is 17.5 Å². The summed E-state index contributed by atoms with van der Waals surface area (Å²) in [6.07, 6.45) is 5.86. The Bertz CT molecular complexity index is 793. The van der Waals surface area contributed by atoms with Gasteiger partial charge in [0.1, 0.15) is 18.1 Å². The van der Waals surface area contributed by atoms with Crippen molar-refractivity contribution in [1.82, 2.24) is 20.9 Å². The predicted octanol–water partition coefficient (Wildman–Crippen LogP) is 2.71. The molecule has 178 valence electrons. The van der Waals surface area contributed by atoms with Gasteiger partial charge in [0.25, 0.3) is 0 Å². The van der Waals surface area contributed by atoms with E-state index < -0.39 is 23.5 Å². The fourth-order valence-corrected chi connectivity index (χ4v) is 5.85. The van der Waals surface area contributed by atoms with Gasteiger partial charge in [-0.15, -0.1) is 0 Å². The first kappa shape index (κ1) is 24.8. The van der Waals surface area contributed by atoms with Crippen molar-refractivity contribution in [1.29, 1.82) is 5.26 Å². The average Bonchev–Trinajstić information content (AvgIpc) is 3.05. The third-order valence-electron chi connectivity index (χ3n) is 7.64. The van der Waals surface area contributed by atoms with Gasteiger partial charge in [-0.05, 0) is 54.6 Å². The summed E-state index contributed by atoms with van der Waals surface area (Å²) < 4.78 is 0. The van der Waals surface area contributed by atoms with Crippen molar-refractivity contribution < 1.29 is 9.59 Å². The number of nitriles is 1. The number of thiocarbonyl (C=S) groups is 1. The Morgan fingerprint density at radius 2 is 1.78 bits per heavy atom. The summed E-state index contributed by atoms with van der Waals surface area (Å²) in [5.74, 6) is 0.0805. The normalized spacial score (nSPS) is 28.7. The Hall–Kier alpha value is -1.88. The molecule has 0 aromatic heterocycles. The van der Waals surface area contributed by atoms with Crippen molar-refractivity contribution in [3.05, 3.63) is 0 Å². The number of carbonyl (C=O) groups excluding carboxylic acids is 2. The molecule has 0 radical (unpaired) electrons. The Labute approximate surface area is 198 Å². The van der Waals surface area contributed by atoms with Crippen LogP contribution >= 0.6 is 12.2 Å². The van der Waals surface area contributed by atoms with Gasteiger partial charge in [-0.3, -0.25) is 9.59 Å². The first-order valence-corrected chi connectivity index (χ1v) is 12.4. The summed E-state index contributed by atoms with van der Waals surface area (Å²) in [6, 6.07) is 0.713. The molecule has 0 bridgehead atoms. The van der Waals surface area contributed by atoms with Crippen LogP contribution in [0.2, 0.25) is 0 Å². The van der Waals surface area contributed by atoms with Gasteiger partial charge in [-0.25, -0.2) is 0 Å². The second kappa shape index (κ2) is 9.17. The Morgan fingerprint density at radius 1 is 1.16 bits per heavy atom. The molecule has 1 heterocycles. The van der Waals surface area contributed by atoms with Crippen molar-refractivity contribution >= 4 is 29.1 Å². The molecule has 32 heavy (non-hydrogen) atoms. The maximum absolute atomic E-state index is 13.8. The van der Waals surface area contributed by atoms with Crippen molar-refractivity contribution in [2.75, 3.05) is 6.54 Å². The zero-order valence-corrected chi connectivity index (χ0v) is 21.1. The molecule has 3 aliphatic rings. The molecule has 3 fully saturated rings. The minimum Gasteiger partial charge on any atom is -0.360 e. The first-order chi connectivity index (χ1) is 14.9. The van der Waals surface area contributed by atoms with Gasteiger partial charge in [-0.1, -0.05) is 53.9 Å². The fraction of sp³-hybridized carbons (Fsp3) is 0.833. The van der Waals surface area contributed by atoms with Crippen molar-refractivity contribution in [2.45, 2.75) is 97.8 Å². The molecule has 5 atom stereocenters. The molecule has 2 amide bonds. The van der Waals surface area contributed by atoms with Crippen LogP contribution in [0.1, 0.15) is 73.6 Å². The quantitative estimate of drug-likeness (QED) is 0.545. The van der Waals surface area contributed by atoms with Crippen molar-refractivity contribution in [3.8, 4) is 6.07 Å². The average molecular weight is 462 g/mol. The maximum Gasteiger partial charge on any atom is 0.246 e. The molecule has 7 nitrogen and oxygen atoms in total. The van der Waals surface area contributed by atoms with E-state index >= 15 is 0 Å². The van der Waals surface area contributed by atoms with E-state index in [1.807, 2.05) is 20.8 Å². The molecule has 3 rings (SSSR count). The topological polar surface area (TPSA) is 97.3 Å². The smallest absolute Gasteiger partial charge is 0.246 e. The number of piperidine rings is 1. The summed E-state index contributed by atoms with van der Waals surface area (Å²) in [5.41, 5.74) is -0.365. The van der Waals surface area contributed by atoms with Crippen LogP contribution in [-0.2, 0) is 9.59 Å². The standard InChI is InChI=1S/C24H39N5O2S/c1-14(12-25)26-20(30)18-17-16(24(17,5)6)13-29(18)21(31)19(23(2,3)4)28-22(32)27-15-10-8-7-9-11-15/h14-19H,7-11,13H2,1-6H3,(H,26,30)(H2,27,28,32)/t14-,16-,17-,18-,19+/m0/s1. The summed E-state index contributed by atoms with van der Waals surface area (Å²) >= 11 is 5.59. The number of hydrogen-bond donors (Lipinski definition) is 3. The molecule has 1 aliphatic heterocycles. The number of carbonyl (C=O) groups is 2. The largest absolute Gasteiger partial charge is 0.360 e. The lowest BCUT2D eigenvalue weighted by Crippen LogP contribution is -2.61. The molecule has 0 aromatic carbocycles. The fourth-order valence-electron chi connectivity index (χ4n) is 5.56. The monoisotopic (exact) mass is 461 g/mol. The summed E-state index contributed by atoms with van der Waals surface area (Å²) in [5, 5.41) is 19.1. The van der Waals surface area contributed by atoms with E-state index in [0.29, 0.717) is 23.6 Å². The molecule has 2 saturated carbocycles. The SMILES string of the molecule is C[C@@H](C#N)NC(=O)[C@@H]1[C@@H]2[C@H](CN1C(=O)[C@@H](NC(=S)NC1CCCCC1)C(C)(C)C)C2(C)C. The molecule has 1 saturated heterocycles. The molecule has 0 aromatic rings. The lowest BCUT2D eigenvalue weighted by atomic mass is 9.85. The van der Waals surface area contributed by atoms with E-state index in [0.717, 1.165) is 12.8 Å². The number of hydrogen-bond acceptors (Lipinski definition) is 4. The van der Waals surface area contributed by atoms with Crippen LogP contribution in [0.15, 0.2) is 0 Å². The van der Waals surface area contributed by atoms with Gasteiger partial charge in [0.05, 0.1) is 6.07 Å². The molecule has 2 aliphatic carbocycles. The highest BCUT2D eigenvalue weighted by molar-refractivity contribution is 7.80. The molecule has 0 spiro atoms. The van der Waals surface area contributed by atoms with Crippen LogP contribution in [0.4, 0.5) is 0 Å². The molecular formula is C24H39N5O2S. The second-order valence-corrected chi connectivity index (χ2v) is 11.9. The van der Waals surface area contributed by atoms with Gasteiger partial charge in [0.15, 0.2) is 5.11 Å². The molecule has 8 heteroatoms. The van der Waals surface area contributed by atoms with Crippen LogP contribution in [0.5, 0.6) is 0 Å². The van der Waals surface area contributed by atoms with E-state index in [2.05, 4.69) is 35.9 Å². The van der Waals surface area contributed by atoms with E-state index in [1.54, 1.807) is 11.8 Å². The summed E-state index contributed by atoms with van der Waals surface area (Å²) in [6.45, 7) is 12.6. The predicted molar refractivity (Wildman–Crippen MR) is 128 cm³/mol. The zero-order valence-electron chi connectivity index (χ0n) is 20.3. The Balaban J connectivity index is 1.75. The van der Waals surface area contributed by atoms with Gasteiger partial charge >= 0.3 is 0 Å². The molecule has 0 unspecified atom stereocenters. The van der Waals surface area contributed by atoms with E-state index in [9.17, 15) is 9.59 Å². The highest BCUT2D eigenvalue weighted by Gasteiger charge is 2.69. The van der Waals surface area contributed by atoms with E-state index in [-0.39, 0.29) is 23.1 Å². The number of rotatable bonds is 5. The van der Waals surface area contributed by atoms with E-state index in [1.165, 1.54) is 19.3 Å². The van der Waals surface area contributed by atoms with Crippen molar-refractivity contribution in [3.63, 3.8) is 0 Å². The lowest BCUT2D eigenvalue weighted by molar-refractivity contribution is -0.143. The van der Waals surface area contributed by atoms with Crippen LogP contribution in [0.3, 0.4) is 0 Å². The maximum atomic E-state index is 13.8. The van der Waals surface area contributed by atoms with Gasteiger partial charge in [0.2, 0.25) is 11.8 Å². The Kier molecular flexibility index (Phi) is 7.09. The molecular weight excluding hydrogens is 422 g/mol. The number of nitrogens with one attached hydrogen (secondary N) is 3. The third kappa shape index (κ3) is 5.03. The van der Waals surface area contributed by atoms with Crippen LogP contribution < -0.4 is 16.0 Å². The Morgan fingerprint density at radius 3 is 2.34 bits per heavy atom. The number of nitrogens with zero attached hydrogens (tertiary/aromatic N) is 2. The minimum atomic E-state index is -0.593. The molecule has 3 N–H and O–H groups in total. The number of likely N-dealkylation sites (tertiary alicyclic amines) is 1. The third-order valence-corrected chi connectivity index (χ3v) is 7.88. The summed E-state index contributed by atoms with van der Waals surface area (Å²) in [7, 11) is 0. The highest BCUT2D eigenvalue weighted by atomic mass is 32.1. The summed E-state index contributed by atoms with van der Waals surface area (Å²) in [4.78, 5) is 28.6. The second-order valence-electron chi connectivity index (χ2n) is 11.5. The number of amides is 2. The van der Waals surface area contributed by atoms with Gasteiger partial charge in [-0.2, -0.15) is 5.26 Å². The van der Waals surface area contributed by atoms with Crippen molar-refractivity contribution in [2.24, 2.45) is 22.7 Å². The number of fused-ring (bicyclic) bond motifs is 1. The van der Waals surface area contributed by atoms with Gasteiger partial charge in [0, 0.05) is 12.6 Å². The highest BCUT2D eigenvalue weighted by Crippen LogP contribution is 2.65. The first-order valence-electron chi connectivity index (χ1n) is 12.0.